The fourth-order valence-corrected chi connectivity index (χ4v) is 3.56. The van der Waals surface area contributed by atoms with Crippen LogP contribution in [0.2, 0.25) is 10.0 Å². The third-order valence-corrected chi connectivity index (χ3v) is 5.33. The van der Waals surface area contributed by atoms with Gasteiger partial charge in [0.25, 0.3) is 0 Å². The first-order chi connectivity index (χ1) is 13.9. The van der Waals surface area contributed by atoms with Gasteiger partial charge >= 0.3 is 0 Å². The van der Waals surface area contributed by atoms with Gasteiger partial charge in [-0.25, -0.2) is 4.39 Å². The zero-order chi connectivity index (χ0) is 21.4. The molecule has 0 aromatic heterocycles. The highest BCUT2D eigenvalue weighted by Gasteiger charge is 2.29. The number of benzene rings is 2. The second-order valence-electron chi connectivity index (χ2n) is 6.71. The highest BCUT2D eigenvalue weighted by molar-refractivity contribution is 6.36. The van der Waals surface area contributed by atoms with E-state index in [1.807, 2.05) is 13.8 Å². The Hall–Kier alpha value is -2.11. The minimum atomic E-state index is -0.715. The van der Waals surface area contributed by atoms with Crippen LogP contribution in [0.25, 0.3) is 0 Å². The normalized spacial score (nSPS) is 11.8. The number of carbonyl (C=O) groups is 2. The lowest BCUT2D eigenvalue weighted by Crippen LogP contribution is -2.49. The van der Waals surface area contributed by atoms with Crippen molar-refractivity contribution in [1.82, 2.24) is 10.2 Å². The highest BCUT2D eigenvalue weighted by Crippen LogP contribution is 2.27. The zero-order valence-corrected chi connectivity index (χ0v) is 18.1. The fraction of sp³-hybridized carbons (Fsp3) is 0.364. The number of rotatable bonds is 9. The second-order valence-corrected chi connectivity index (χ2v) is 7.52. The Labute approximate surface area is 181 Å². The molecule has 29 heavy (non-hydrogen) atoms. The molecule has 0 bridgehead atoms. The number of amides is 2. The van der Waals surface area contributed by atoms with Crippen molar-refractivity contribution < 1.29 is 14.0 Å². The second kappa shape index (κ2) is 11.2. The van der Waals surface area contributed by atoms with Gasteiger partial charge in [-0.2, -0.15) is 0 Å². The summed E-state index contributed by atoms with van der Waals surface area (Å²) < 4.78 is 14.1. The number of carbonyl (C=O) groups excluding carboxylic acids is 2. The van der Waals surface area contributed by atoms with E-state index < -0.39 is 11.9 Å². The average Bonchev–Trinajstić information content (AvgIpc) is 2.70. The molecule has 2 aromatic carbocycles. The molecule has 0 aliphatic heterocycles. The van der Waals surface area contributed by atoms with Gasteiger partial charge in [0.05, 0.1) is 6.42 Å². The van der Waals surface area contributed by atoms with Gasteiger partial charge < -0.3 is 10.2 Å². The lowest BCUT2D eigenvalue weighted by Gasteiger charge is -2.31. The lowest BCUT2D eigenvalue weighted by molar-refractivity contribution is -0.141. The molecule has 0 aliphatic rings. The molecule has 0 spiro atoms. The lowest BCUT2D eigenvalue weighted by atomic mass is 10.1. The fourth-order valence-electron chi connectivity index (χ4n) is 3.05. The van der Waals surface area contributed by atoms with Crippen molar-refractivity contribution in [3.8, 4) is 0 Å². The van der Waals surface area contributed by atoms with Crippen molar-refractivity contribution in [1.29, 1.82) is 0 Å². The van der Waals surface area contributed by atoms with E-state index in [-0.39, 0.29) is 30.3 Å². The van der Waals surface area contributed by atoms with Gasteiger partial charge in [-0.05, 0) is 36.6 Å². The average molecular weight is 439 g/mol. The van der Waals surface area contributed by atoms with Crippen LogP contribution in [-0.2, 0) is 22.6 Å². The third-order valence-electron chi connectivity index (χ3n) is 4.62. The first-order valence-corrected chi connectivity index (χ1v) is 10.4. The minimum absolute atomic E-state index is 0.0594. The number of halogens is 3. The summed E-state index contributed by atoms with van der Waals surface area (Å²) >= 11 is 12.6. The molecule has 7 heteroatoms. The Bertz CT molecular complexity index is 840. The van der Waals surface area contributed by atoms with Gasteiger partial charge in [0.2, 0.25) is 11.8 Å². The molecule has 1 N–H and O–H groups in total. The number of nitrogens with one attached hydrogen (secondary N) is 1. The van der Waals surface area contributed by atoms with Gasteiger partial charge in [-0.1, -0.05) is 61.3 Å². The molecule has 1 atom stereocenters. The summed E-state index contributed by atoms with van der Waals surface area (Å²) in [5.74, 6) is -1.08. The van der Waals surface area contributed by atoms with Crippen LogP contribution in [0.3, 0.4) is 0 Å². The molecular weight excluding hydrogens is 414 g/mol. The Morgan fingerprint density at radius 2 is 1.72 bits per heavy atom. The molecule has 4 nitrogen and oxygen atoms in total. The molecule has 2 rings (SSSR count). The van der Waals surface area contributed by atoms with Gasteiger partial charge in [0.1, 0.15) is 11.9 Å². The molecule has 0 unspecified atom stereocenters. The summed E-state index contributed by atoms with van der Waals surface area (Å²) in [4.78, 5) is 27.3. The van der Waals surface area contributed by atoms with E-state index in [2.05, 4.69) is 5.32 Å². The molecule has 0 saturated heterocycles. The largest absolute Gasteiger partial charge is 0.354 e. The molecule has 0 saturated carbocycles. The van der Waals surface area contributed by atoms with Crippen LogP contribution < -0.4 is 5.32 Å². The van der Waals surface area contributed by atoms with Crippen molar-refractivity contribution in [2.45, 2.75) is 45.7 Å². The maximum absolute atomic E-state index is 14.1. The van der Waals surface area contributed by atoms with Crippen LogP contribution in [0.4, 0.5) is 4.39 Å². The smallest absolute Gasteiger partial charge is 0.242 e. The standard InChI is InChI=1S/C22H25Cl2FN2O2/c1-3-12-26-22(29)20(4-2)27(14-16-17(23)9-7-10-18(16)24)21(28)13-15-8-5-6-11-19(15)25/h5-11,20H,3-4,12-14H2,1-2H3,(H,26,29)/t20-/m1/s1. The van der Waals surface area contributed by atoms with Gasteiger partial charge in [0, 0.05) is 28.7 Å². The third kappa shape index (κ3) is 6.18. The van der Waals surface area contributed by atoms with E-state index in [1.165, 1.54) is 11.0 Å². The summed E-state index contributed by atoms with van der Waals surface area (Å²) in [6, 6.07) is 10.5. The minimum Gasteiger partial charge on any atom is -0.354 e. The van der Waals surface area contributed by atoms with Gasteiger partial charge in [-0.3, -0.25) is 9.59 Å². The monoisotopic (exact) mass is 438 g/mol. The van der Waals surface area contributed by atoms with E-state index in [9.17, 15) is 14.0 Å². The summed E-state index contributed by atoms with van der Waals surface area (Å²) in [6.07, 6.45) is 1.02. The maximum Gasteiger partial charge on any atom is 0.242 e. The van der Waals surface area contributed by atoms with Gasteiger partial charge in [0.15, 0.2) is 0 Å². The summed E-state index contributed by atoms with van der Waals surface area (Å²) in [5, 5.41) is 3.65. The predicted molar refractivity (Wildman–Crippen MR) is 114 cm³/mol. The summed E-state index contributed by atoms with van der Waals surface area (Å²) in [6.45, 7) is 4.35. The first-order valence-electron chi connectivity index (χ1n) is 9.62. The molecule has 0 radical (unpaired) electrons. The molecule has 0 heterocycles. The molecule has 156 valence electrons. The number of nitrogens with zero attached hydrogens (tertiary/aromatic N) is 1. The van der Waals surface area contributed by atoms with Crippen molar-refractivity contribution in [3.63, 3.8) is 0 Å². The molecule has 0 aliphatic carbocycles. The Morgan fingerprint density at radius 3 is 2.31 bits per heavy atom. The van der Waals surface area contributed by atoms with Crippen LogP contribution in [-0.4, -0.2) is 29.3 Å². The van der Waals surface area contributed by atoms with E-state index >= 15 is 0 Å². The van der Waals surface area contributed by atoms with Gasteiger partial charge in [-0.15, -0.1) is 0 Å². The Kier molecular flexibility index (Phi) is 8.93. The summed E-state index contributed by atoms with van der Waals surface area (Å²) in [5.41, 5.74) is 0.830. The van der Waals surface area contributed by atoms with E-state index in [0.717, 1.165) is 6.42 Å². The van der Waals surface area contributed by atoms with E-state index in [1.54, 1.807) is 36.4 Å². The number of hydrogen-bond acceptors (Lipinski definition) is 2. The first kappa shape index (κ1) is 23.2. The van der Waals surface area contributed by atoms with Crippen LogP contribution in [0.5, 0.6) is 0 Å². The highest BCUT2D eigenvalue weighted by atomic mass is 35.5. The van der Waals surface area contributed by atoms with Crippen molar-refractivity contribution >= 4 is 35.0 Å². The van der Waals surface area contributed by atoms with Crippen molar-refractivity contribution in [2.24, 2.45) is 0 Å². The zero-order valence-electron chi connectivity index (χ0n) is 16.6. The molecular formula is C22H25Cl2FN2O2. The van der Waals surface area contributed by atoms with Crippen LogP contribution in [0.15, 0.2) is 42.5 Å². The van der Waals surface area contributed by atoms with Crippen molar-refractivity contribution in [2.75, 3.05) is 6.54 Å². The number of hydrogen-bond donors (Lipinski definition) is 1. The SMILES string of the molecule is CCCNC(=O)[C@@H](CC)N(Cc1c(Cl)cccc1Cl)C(=O)Cc1ccccc1F. The van der Waals surface area contributed by atoms with Crippen LogP contribution in [0.1, 0.15) is 37.8 Å². The van der Waals surface area contributed by atoms with E-state index in [4.69, 9.17) is 23.2 Å². The van der Waals surface area contributed by atoms with Crippen molar-refractivity contribution in [3.05, 3.63) is 69.5 Å². The maximum atomic E-state index is 14.1. The predicted octanol–water partition coefficient (Wildman–Crippen LogP) is 5.01. The van der Waals surface area contributed by atoms with E-state index in [0.29, 0.717) is 28.6 Å². The topological polar surface area (TPSA) is 49.4 Å². The molecule has 2 aromatic rings. The van der Waals surface area contributed by atoms with Crippen LogP contribution >= 0.6 is 23.2 Å². The summed E-state index contributed by atoms with van der Waals surface area (Å²) in [7, 11) is 0. The molecule has 0 fully saturated rings. The van der Waals surface area contributed by atoms with Crippen LogP contribution in [0, 0.1) is 5.82 Å². The molecule has 2 amide bonds. The Balaban J connectivity index is 2.36. The quantitative estimate of drug-likeness (QED) is 0.597. The Morgan fingerprint density at radius 1 is 1.07 bits per heavy atom.